The summed E-state index contributed by atoms with van der Waals surface area (Å²) in [6.45, 7) is 1.09. The average molecular weight is 289 g/mol. The molecule has 0 saturated carbocycles. The standard InChI is InChI=1S/C11H13F2N3O2S/c1-7(12)11(15-16-14)10(13)8-3-5-9(6-4-8)19(2,17)18/h3-7,10-11H,1-2H3/t7-,10+,11+/m1/s1. The second kappa shape index (κ2) is 5.99. The number of azide groups is 1. The van der Waals surface area contributed by atoms with Gasteiger partial charge in [-0.2, -0.15) is 0 Å². The molecule has 0 heterocycles. The van der Waals surface area contributed by atoms with Crippen molar-refractivity contribution in [2.45, 2.75) is 30.2 Å². The van der Waals surface area contributed by atoms with Crippen LogP contribution in [0.5, 0.6) is 0 Å². The van der Waals surface area contributed by atoms with Gasteiger partial charge in [0.25, 0.3) is 0 Å². The molecule has 0 aliphatic carbocycles. The third kappa shape index (κ3) is 3.90. The topological polar surface area (TPSA) is 82.9 Å². The molecule has 8 heteroatoms. The van der Waals surface area contributed by atoms with E-state index in [1.807, 2.05) is 0 Å². The van der Waals surface area contributed by atoms with Crippen molar-refractivity contribution in [3.05, 3.63) is 40.3 Å². The Morgan fingerprint density at radius 1 is 1.26 bits per heavy atom. The number of hydrogen-bond donors (Lipinski definition) is 0. The Hall–Kier alpha value is -1.66. The normalized spacial score (nSPS) is 16.2. The van der Waals surface area contributed by atoms with Gasteiger partial charge in [-0.05, 0) is 30.2 Å². The van der Waals surface area contributed by atoms with Crippen molar-refractivity contribution in [1.82, 2.24) is 0 Å². The molecule has 0 spiro atoms. The molecule has 0 aliphatic heterocycles. The van der Waals surface area contributed by atoms with E-state index in [2.05, 4.69) is 10.0 Å². The van der Waals surface area contributed by atoms with Gasteiger partial charge in [0.2, 0.25) is 0 Å². The van der Waals surface area contributed by atoms with Gasteiger partial charge in [-0.25, -0.2) is 17.2 Å². The van der Waals surface area contributed by atoms with Crippen LogP contribution in [0.25, 0.3) is 10.4 Å². The first-order valence-electron chi connectivity index (χ1n) is 5.39. The number of sulfone groups is 1. The van der Waals surface area contributed by atoms with Crippen LogP contribution in [-0.4, -0.2) is 26.9 Å². The molecule has 19 heavy (non-hydrogen) atoms. The lowest BCUT2D eigenvalue weighted by Crippen LogP contribution is -2.22. The van der Waals surface area contributed by atoms with Gasteiger partial charge in [0.05, 0.1) is 4.90 Å². The van der Waals surface area contributed by atoms with E-state index in [1.54, 1.807) is 0 Å². The van der Waals surface area contributed by atoms with Crippen LogP contribution in [0, 0.1) is 0 Å². The Morgan fingerprint density at radius 2 is 1.79 bits per heavy atom. The Labute approximate surface area is 109 Å². The van der Waals surface area contributed by atoms with Gasteiger partial charge in [-0.3, -0.25) is 0 Å². The van der Waals surface area contributed by atoms with E-state index in [9.17, 15) is 17.2 Å². The van der Waals surface area contributed by atoms with E-state index in [0.29, 0.717) is 0 Å². The predicted molar refractivity (Wildman–Crippen MR) is 66.9 cm³/mol. The maximum absolute atomic E-state index is 14.0. The zero-order chi connectivity index (χ0) is 14.6. The molecule has 1 rings (SSSR count). The molecule has 0 N–H and O–H groups in total. The van der Waals surface area contributed by atoms with Crippen LogP contribution in [0.1, 0.15) is 18.7 Å². The van der Waals surface area contributed by atoms with Gasteiger partial charge in [0.15, 0.2) is 9.84 Å². The third-order valence-corrected chi connectivity index (χ3v) is 3.71. The van der Waals surface area contributed by atoms with Crippen LogP contribution in [0.15, 0.2) is 34.3 Å². The van der Waals surface area contributed by atoms with Crippen LogP contribution >= 0.6 is 0 Å². The lowest BCUT2D eigenvalue weighted by Gasteiger charge is -2.17. The third-order valence-electron chi connectivity index (χ3n) is 2.58. The molecule has 0 fully saturated rings. The maximum Gasteiger partial charge on any atom is 0.175 e. The van der Waals surface area contributed by atoms with Gasteiger partial charge in [-0.1, -0.05) is 17.2 Å². The highest BCUT2D eigenvalue weighted by atomic mass is 32.2. The molecular weight excluding hydrogens is 276 g/mol. The van der Waals surface area contributed by atoms with Crippen LogP contribution in [0.3, 0.4) is 0 Å². The Balaban J connectivity index is 3.06. The number of benzene rings is 1. The fourth-order valence-corrected chi connectivity index (χ4v) is 2.17. The molecule has 1 aromatic carbocycles. The molecule has 0 saturated heterocycles. The highest BCUT2D eigenvalue weighted by Gasteiger charge is 2.27. The molecule has 0 radical (unpaired) electrons. The number of alkyl halides is 2. The van der Waals surface area contributed by atoms with Crippen molar-refractivity contribution in [2.24, 2.45) is 5.11 Å². The number of rotatable bonds is 5. The summed E-state index contributed by atoms with van der Waals surface area (Å²) in [6, 6.07) is 3.46. The van der Waals surface area contributed by atoms with Gasteiger partial charge in [0, 0.05) is 11.2 Å². The zero-order valence-electron chi connectivity index (χ0n) is 10.4. The van der Waals surface area contributed by atoms with E-state index >= 15 is 0 Å². The summed E-state index contributed by atoms with van der Waals surface area (Å²) < 4.78 is 49.6. The quantitative estimate of drug-likeness (QED) is 0.474. The first-order valence-corrected chi connectivity index (χ1v) is 7.29. The Kier molecular flexibility index (Phi) is 4.85. The largest absolute Gasteiger partial charge is 0.247 e. The van der Waals surface area contributed by atoms with Crippen molar-refractivity contribution in [3.8, 4) is 0 Å². The minimum absolute atomic E-state index is 0.0390. The van der Waals surface area contributed by atoms with Crippen molar-refractivity contribution in [1.29, 1.82) is 0 Å². The lowest BCUT2D eigenvalue weighted by atomic mass is 10.0. The average Bonchev–Trinajstić information content (AvgIpc) is 2.34. The lowest BCUT2D eigenvalue weighted by molar-refractivity contribution is 0.196. The summed E-state index contributed by atoms with van der Waals surface area (Å²) in [5, 5.41) is 3.08. The fourth-order valence-electron chi connectivity index (χ4n) is 1.54. The van der Waals surface area contributed by atoms with E-state index < -0.39 is 28.2 Å². The summed E-state index contributed by atoms with van der Waals surface area (Å²) in [5.74, 6) is 0. The summed E-state index contributed by atoms with van der Waals surface area (Å²) in [7, 11) is -3.37. The molecule has 3 atom stereocenters. The maximum atomic E-state index is 14.0. The summed E-state index contributed by atoms with van der Waals surface area (Å²) in [5.41, 5.74) is 8.34. The Bertz CT molecular complexity index is 580. The van der Waals surface area contributed by atoms with E-state index in [-0.39, 0.29) is 10.5 Å². The Morgan fingerprint density at radius 3 is 2.16 bits per heavy atom. The van der Waals surface area contributed by atoms with Crippen LogP contribution in [0.2, 0.25) is 0 Å². The van der Waals surface area contributed by atoms with Crippen molar-refractivity contribution >= 4 is 9.84 Å². The minimum Gasteiger partial charge on any atom is -0.247 e. The predicted octanol–water partition coefficient (Wildman–Crippen LogP) is 3.14. The second-order valence-electron chi connectivity index (χ2n) is 4.12. The van der Waals surface area contributed by atoms with Gasteiger partial charge < -0.3 is 0 Å². The highest BCUT2D eigenvalue weighted by molar-refractivity contribution is 7.90. The van der Waals surface area contributed by atoms with Gasteiger partial charge >= 0.3 is 0 Å². The van der Waals surface area contributed by atoms with Crippen molar-refractivity contribution in [3.63, 3.8) is 0 Å². The van der Waals surface area contributed by atoms with Gasteiger partial charge in [-0.15, -0.1) is 0 Å². The first kappa shape index (κ1) is 15.4. The number of halogens is 2. The van der Waals surface area contributed by atoms with Crippen LogP contribution in [-0.2, 0) is 9.84 Å². The first-order chi connectivity index (χ1) is 8.77. The van der Waals surface area contributed by atoms with Crippen molar-refractivity contribution in [2.75, 3.05) is 6.26 Å². The second-order valence-corrected chi connectivity index (χ2v) is 6.13. The summed E-state index contributed by atoms with van der Waals surface area (Å²) >= 11 is 0. The minimum atomic E-state index is -3.37. The molecule has 104 valence electrons. The molecule has 0 aromatic heterocycles. The number of hydrogen-bond acceptors (Lipinski definition) is 3. The van der Waals surface area contributed by atoms with Crippen LogP contribution in [0.4, 0.5) is 8.78 Å². The van der Waals surface area contributed by atoms with E-state index in [1.165, 1.54) is 24.3 Å². The fraction of sp³-hybridized carbons (Fsp3) is 0.455. The monoisotopic (exact) mass is 289 g/mol. The van der Waals surface area contributed by atoms with Crippen LogP contribution < -0.4 is 0 Å². The molecule has 0 amide bonds. The molecule has 0 bridgehead atoms. The highest BCUT2D eigenvalue weighted by Crippen LogP contribution is 2.28. The smallest absolute Gasteiger partial charge is 0.175 e. The van der Waals surface area contributed by atoms with Gasteiger partial charge in [0.1, 0.15) is 18.4 Å². The van der Waals surface area contributed by atoms with E-state index in [4.69, 9.17) is 5.53 Å². The molecular formula is C11H13F2N3O2S. The summed E-state index contributed by atoms with van der Waals surface area (Å²) in [4.78, 5) is 2.45. The molecule has 1 aromatic rings. The van der Waals surface area contributed by atoms with Crippen molar-refractivity contribution < 1.29 is 17.2 Å². The molecule has 0 unspecified atom stereocenters. The SMILES string of the molecule is C[C@@H](F)[C@H](N=[N+]=[N-])[C@@H](F)c1ccc(S(C)(=O)=O)cc1. The molecule has 5 nitrogen and oxygen atoms in total. The number of nitrogens with zero attached hydrogens (tertiary/aromatic N) is 3. The molecule has 0 aliphatic rings. The zero-order valence-corrected chi connectivity index (χ0v) is 11.2. The summed E-state index contributed by atoms with van der Waals surface area (Å²) in [6.07, 6.45) is -2.45. The van der Waals surface area contributed by atoms with E-state index in [0.717, 1.165) is 13.2 Å².